The van der Waals surface area contributed by atoms with Crippen LogP contribution in [0.25, 0.3) is 5.65 Å². The lowest BCUT2D eigenvalue weighted by Gasteiger charge is -2.33. The van der Waals surface area contributed by atoms with Gasteiger partial charge in [-0.1, -0.05) is 6.07 Å². The van der Waals surface area contributed by atoms with Crippen LogP contribution in [0.4, 0.5) is 11.6 Å². The molecule has 1 N–H and O–H groups in total. The van der Waals surface area contributed by atoms with Crippen LogP contribution in [0.5, 0.6) is 0 Å². The second-order valence-corrected chi connectivity index (χ2v) is 7.14. The first-order valence-corrected chi connectivity index (χ1v) is 9.46. The maximum absolute atomic E-state index is 12.2. The van der Waals surface area contributed by atoms with Crippen molar-refractivity contribution in [3.8, 4) is 0 Å². The molecule has 146 valence electrons. The van der Waals surface area contributed by atoms with Crippen LogP contribution in [0.15, 0.2) is 30.5 Å². The highest BCUT2D eigenvalue weighted by Crippen LogP contribution is 2.15. The average molecular weight is 380 g/mol. The van der Waals surface area contributed by atoms with Gasteiger partial charge in [0.2, 0.25) is 5.91 Å². The highest BCUT2D eigenvalue weighted by atomic mass is 16.1. The fraction of sp³-hybridized carbons (Fsp3) is 0.421. The Morgan fingerprint density at radius 1 is 1.11 bits per heavy atom. The van der Waals surface area contributed by atoms with Crippen molar-refractivity contribution in [1.29, 1.82) is 0 Å². The van der Waals surface area contributed by atoms with Gasteiger partial charge >= 0.3 is 0 Å². The number of carbonyl (C=O) groups is 1. The highest BCUT2D eigenvalue weighted by Gasteiger charge is 2.17. The Labute approximate surface area is 163 Å². The van der Waals surface area contributed by atoms with Crippen LogP contribution in [0, 0.1) is 6.92 Å². The van der Waals surface area contributed by atoms with Gasteiger partial charge in [-0.25, -0.2) is 4.98 Å². The van der Waals surface area contributed by atoms with E-state index in [1.54, 1.807) is 16.8 Å². The van der Waals surface area contributed by atoms with Crippen LogP contribution in [0.1, 0.15) is 17.8 Å². The molecule has 0 unspecified atom stereocenters. The number of amides is 1. The predicted molar refractivity (Wildman–Crippen MR) is 106 cm³/mol. The topological polar surface area (TPSA) is 91.5 Å². The summed E-state index contributed by atoms with van der Waals surface area (Å²) in [6.07, 6.45) is 2.47. The quantitative estimate of drug-likeness (QED) is 0.710. The predicted octanol–water partition coefficient (Wildman–Crippen LogP) is 1.15. The molecule has 0 atom stereocenters. The molecule has 1 amide bonds. The van der Waals surface area contributed by atoms with Gasteiger partial charge in [-0.2, -0.15) is 4.52 Å². The second-order valence-electron chi connectivity index (χ2n) is 7.14. The SMILES string of the molecule is Cc1ccc(NC(=O)CCc2nnc3ccc(N4CCN(C)CC4)nn23)nc1. The molecule has 1 saturated heterocycles. The summed E-state index contributed by atoms with van der Waals surface area (Å²) in [4.78, 5) is 21.0. The number of aryl methyl sites for hydroxylation is 2. The van der Waals surface area contributed by atoms with Gasteiger partial charge in [-0.15, -0.1) is 15.3 Å². The van der Waals surface area contributed by atoms with Crippen molar-refractivity contribution in [2.45, 2.75) is 19.8 Å². The number of fused-ring (bicyclic) bond motifs is 1. The Bertz CT molecular complexity index is 960. The van der Waals surface area contributed by atoms with Gasteiger partial charge < -0.3 is 15.1 Å². The van der Waals surface area contributed by atoms with Crippen molar-refractivity contribution in [3.05, 3.63) is 41.9 Å². The number of pyridine rings is 1. The number of piperazine rings is 1. The Morgan fingerprint density at radius 2 is 1.93 bits per heavy atom. The molecule has 9 heteroatoms. The van der Waals surface area contributed by atoms with E-state index < -0.39 is 0 Å². The van der Waals surface area contributed by atoms with E-state index in [0.29, 0.717) is 23.7 Å². The van der Waals surface area contributed by atoms with Crippen LogP contribution in [-0.2, 0) is 11.2 Å². The molecular weight excluding hydrogens is 356 g/mol. The maximum Gasteiger partial charge on any atom is 0.225 e. The molecule has 0 saturated carbocycles. The first-order valence-electron chi connectivity index (χ1n) is 9.46. The maximum atomic E-state index is 12.2. The lowest BCUT2D eigenvalue weighted by atomic mass is 10.2. The lowest BCUT2D eigenvalue weighted by Crippen LogP contribution is -2.45. The third-order valence-corrected chi connectivity index (χ3v) is 4.90. The van der Waals surface area contributed by atoms with Gasteiger partial charge in [0.25, 0.3) is 0 Å². The molecule has 4 rings (SSSR count). The summed E-state index contributed by atoms with van der Waals surface area (Å²) in [7, 11) is 2.13. The van der Waals surface area contributed by atoms with E-state index in [1.165, 1.54) is 0 Å². The fourth-order valence-electron chi connectivity index (χ4n) is 3.16. The number of nitrogens with zero attached hydrogens (tertiary/aromatic N) is 7. The number of likely N-dealkylation sites (N-methyl/N-ethyl adjacent to an activating group) is 1. The zero-order valence-corrected chi connectivity index (χ0v) is 16.2. The van der Waals surface area contributed by atoms with E-state index in [-0.39, 0.29) is 12.3 Å². The number of nitrogens with one attached hydrogen (secondary N) is 1. The number of aromatic nitrogens is 5. The Hall–Kier alpha value is -3.07. The third-order valence-electron chi connectivity index (χ3n) is 4.90. The standard InChI is InChI=1S/C19H24N8O/c1-14-3-4-15(20-13-14)21-19(28)8-7-17-23-22-16-5-6-18(24-27(16)17)26-11-9-25(2)10-12-26/h3-6,13H,7-12H2,1-2H3,(H,20,21,28). The molecule has 0 aromatic carbocycles. The molecule has 1 fully saturated rings. The first-order chi connectivity index (χ1) is 13.6. The smallest absolute Gasteiger partial charge is 0.225 e. The van der Waals surface area contributed by atoms with Crippen LogP contribution < -0.4 is 10.2 Å². The van der Waals surface area contributed by atoms with Gasteiger partial charge in [0.15, 0.2) is 11.5 Å². The van der Waals surface area contributed by atoms with Crippen LogP contribution in [0.3, 0.4) is 0 Å². The van der Waals surface area contributed by atoms with Crippen LogP contribution >= 0.6 is 0 Å². The molecular formula is C19H24N8O. The molecule has 3 aromatic rings. The molecule has 0 aliphatic carbocycles. The zero-order valence-electron chi connectivity index (χ0n) is 16.2. The first kappa shape index (κ1) is 18.3. The summed E-state index contributed by atoms with van der Waals surface area (Å²) in [6.45, 7) is 5.87. The molecule has 4 heterocycles. The molecule has 1 aliphatic heterocycles. The van der Waals surface area contributed by atoms with Gasteiger partial charge in [-0.05, 0) is 37.7 Å². The van der Waals surface area contributed by atoms with E-state index in [9.17, 15) is 4.79 Å². The Morgan fingerprint density at radius 3 is 2.68 bits per heavy atom. The Kier molecular flexibility index (Phi) is 5.16. The lowest BCUT2D eigenvalue weighted by molar-refractivity contribution is -0.116. The zero-order chi connectivity index (χ0) is 19.5. The number of hydrogen-bond donors (Lipinski definition) is 1. The largest absolute Gasteiger partial charge is 0.353 e. The van der Waals surface area contributed by atoms with Crippen molar-refractivity contribution in [3.63, 3.8) is 0 Å². The monoisotopic (exact) mass is 380 g/mol. The molecule has 28 heavy (non-hydrogen) atoms. The van der Waals surface area contributed by atoms with Crippen molar-refractivity contribution in [2.75, 3.05) is 43.4 Å². The second kappa shape index (κ2) is 7.89. The molecule has 0 spiro atoms. The molecule has 1 aliphatic rings. The van der Waals surface area contributed by atoms with E-state index in [1.807, 2.05) is 25.1 Å². The molecule has 0 radical (unpaired) electrons. The normalized spacial score (nSPS) is 15.1. The average Bonchev–Trinajstić information content (AvgIpc) is 3.11. The van der Waals surface area contributed by atoms with Gasteiger partial charge in [-0.3, -0.25) is 4.79 Å². The minimum Gasteiger partial charge on any atom is -0.353 e. The molecule has 0 bridgehead atoms. The highest BCUT2D eigenvalue weighted by molar-refractivity contribution is 5.89. The molecule has 9 nitrogen and oxygen atoms in total. The number of rotatable bonds is 5. The van der Waals surface area contributed by atoms with Crippen LogP contribution in [-0.4, -0.2) is 68.8 Å². The van der Waals surface area contributed by atoms with Crippen molar-refractivity contribution < 1.29 is 4.79 Å². The summed E-state index contributed by atoms with van der Waals surface area (Å²) >= 11 is 0. The van der Waals surface area contributed by atoms with Crippen molar-refractivity contribution in [2.24, 2.45) is 0 Å². The number of anilines is 2. The summed E-state index contributed by atoms with van der Waals surface area (Å²) in [5, 5.41) is 15.9. The summed E-state index contributed by atoms with van der Waals surface area (Å²) in [6, 6.07) is 7.62. The number of hydrogen-bond acceptors (Lipinski definition) is 7. The number of carbonyl (C=O) groups excluding carboxylic acids is 1. The molecule has 3 aromatic heterocycles. The summed E-state index contributed by atoms with van der Waals surface area (Å²) in [5.74, 6) is 2.04. The minimum atomic E-state index is -0.108. The summed E-state index contributed by atoms with van der Waals surface area (Å²) in [5.41, 5.74) is 1.74. The van der Waals surface area contributed by atoms with E-state index in [2.05, 4.69) is 37.3 Å². The van der Waals surface area contributed by atoms with Crippen molar-refractivity contribution in [1.82, 2.24) is 29.7 Å². The van der Waals surface area contributed by atoms with Gasteiger partial charge in [0.05, 0.1) is 0 Å². The van der Waals surface area contributed by atoms with Gasteiger partial charge in [0.1, 0.15) is 11.6 Å². The third kappa shape index (κ3) is 4.09. The van der Waals surface area contributed by atoms with E-state index in [0.717, 1.165) is 37.6 Å². The minimum absolute atomic E-state index is 0.108. The Balaban J connectivity index is 1.42. The summed E-state index contributed by atoms with van der Waals surface area (Å²) < 4.78 is 1.74. The fourth-order valence-corrected chi connectivity index (χ4v) is 3.16. The van der Waals surface area contributed by atoms with Crippen LogP contribution in [0.2, 0.25) is 0 Å². The van der Waals surface area contributed by atoms with E-state index in [4.69, 9.17) is 5.10 Å². The van der Waals surface area contributed by atoms with E-state index >= 15 is 0 Å². The van der Waals surface area contributed by atoms with Crippen molar-refractivity contribution >= 4 is 23.2 Å². The van der Waals surface area contributed by atoms with Gasteiger partial charge in [0, 0.05) is 45.2 Å².